The fourth-order valence-electron chi connectivity index (χ4n) is 4.31. The number of nitrogens with two attached hydrogens (primary N) is 1. The van der Waals surface area contributed by atoms with Gasteiger partial charge < -0.3 is 27.8 Å². The molecule has 0 radical (unpaired) electrons. The van der Waals surface area contributed by atoms with Crippen LogP contribution < -0.4 is 10.5 Å². The van der Waals surface area contributed by atoms with Crippen LogP contribution in [0.4, 0.5) is 11.4 Å². The monoisotopic (exact) mass is 667 g/mol. The van der Waals surface area contributed by atoms with Gasteiger partial charge in [-0.1, -0.05) is 0 Å². The topological polar surface area (TPSA) is 161 Å². The molecule has 0 amide bonds. The highest BCUT2D eigenvalue weighted by molar-refractivity contribution is 7.89. The second-order valence-corrected chi connectivity index (χ2v) is 33.6. The third kappa shape index (κ3) is 11.9. The lowest BCUT2D eigenvalue weighted by Gasteiger charge is -2.51. The van der Waals surface area contributed by atoms with Gasteiger partial charge in [0.1, 0.15) is 30.1 Å². The summed E-state index contributed by atoms with van der Waals surface area (Å²) in [6.45, 7) is 25.2. The molecule has 0 spiro atoms. The molecule has 5 atom stereocenters. The maximum atomic E-state index is 11.8. The molecular weight excluding hydrogens is 619 g/mol. The van der Waals surface area contributed by atoms with E-state index in [-0.39, 0.29) is 17.1 Å². The highest BCUT2D eigenvalue weighted by atomic mass is 32.2. The fraction of sp³-hybridized carbons (Fsp3) is 0.750. The Morgan fingerprint density at radius 2 is 1.29 bits per heavy atom. The van der Waals surface area contributed by atoms with Crippen molar-refractivity contribution in [3.8, 4) is 0 Å². The molecule has 0 aliphatic carbocycles. The van der Waals surface area contributed by atoms with Crippen LogP contribution in [0.3, 0.4) is 0 Å². The first-order valence-corrected chi connectivity index (χ1v) is 28.9. The third-order valence-electron chi connectivity index (χ3n) is 5.52. The lowest BCUT2D eigenvalue weighted by Crippen LogP contribution is -2.67. The van der Waals surface area contributed by atoms with Gasteiger partial charge in [0.2, 0.25) is 10.0 Å². The van der Waals surface area contributed by atoms with Gasteiger partial charge in [-0.25, -0.2) is 13.6 Å². The molecule has 1 aromatic carbocycles. The second kappa shape index (κ2) is 12.9. The van der Waals surface area contributed by atoms with Crippen molar-refractivity contribution >= 4 is 54.7 Å². The van der Waals surface area contributed by atoms with Crippen LogP contribution in [0, 0.1) is 10.1 Å². The molecule has 2 rings (SSSR count). The molecule has 3 N–H and O–H groups in total. The molecule has 17 heteroatoms. The predicted octanol–water partition coefficient (Wildman–Crippen LogP) is 4.89. The van der Waals surface area contributed by atoms with Gasteiger partial charge in [-0.2, -0.15) is 0 Å². The van der Waals surface area contributed by atoms with Crippen molar-refractivity contribution in [3.05, 3.63) is 28.3 Å². The first-order chi connectivity index (χ1) is 18.3. The van der Waals surface area contributed by atoms with Gasteiger partial charge in [-0.3, -0.25) is 10.1 Å². The quantitative estimate of drug-likeness (QED) is 0.168. The Balaban J connectivity index is 2.60. The maximum absolute atomic E-state index is 11.8. The number of nitrogens with one attached hydrogen (secondary N) is 1. The Morgan fingerprint density at radius 1 is 0.829 bits per heavy atom. The summed E-state index contributed by atoms with van der Waals surface area (Å²) in [5.74, 6) is 0. The molecule has 236 valence electrons. The van der Waals surface area contributed by atoms with E-state index >= 15 is 0 Å². The molecule has 1 fully saturated rings. The molecule has 1 aliphatic heterocycles. The van der Waals surface area contributed by atoms with Crippen LogP contribution in [-0.2, 0) is 32.5 Å². The summed E-state index contributed by atoms with van der Waals surface area (Å²) in [7, 11) is -12.7. The zero-order chi connectivity index (χ0) is 31.8. The van der Waals surface area contributed by atoms with Crippen LogP contribution >= 0.6 is 0 Å². The van der Waals surface area contributed by atoms with Crippen LogP contribution in [0.1, 0.15) is 0 Å². The number of rotatable bonds is 13. The number of benzene rings is 1. The normalized spacial score (nSPS) is 24.8. The van der Waals surface area contributed by atoms with Gasteiger partial charge in [-0.05, 0) is 90.7 Å². The molecule has 1 heterocycles. The predicted molar refractivity (Wildman–Crippen MR) is 171 cm³/mol. The molecule has 0 unspecified atom stereocenters. The molecule has 41 heavy (non-hydrogen) atoms. The molecule has 12 nitrogen and oxygen atoms in total. The minimum Gasteiger partial charge on any atom is -0.409 e. The van der Waals surface area contributed by atoms with Gasteiger partial charge in [0.15, 0.2) is 39.6 Å². The van der Waals surface area contributed by atoms with Gasteiger partial charge in [0.05, 0.1) is 9.82 Å². The van der Waals surface area contributed by atoms with Crippen LogP contribution in [-0.4, -0.2) is 83.9 Å². The van der Waals surface area contributed by atoms with Crippen molar-refractivity contribution in [2.45, 2.75) is 114 Å². The smallest absolute Gasteiger partial charge is 0.293 e. The Labute approximate surface area is 249 Å². The minimum atomic E-state index is -4.12. The average Bonchev–Trinajstić information content (AvgIpc) is 2.72. The summed E-state index contributed by atoms with van der Waals surface area (Å²) in [6, 6.07) is 3.51. The highest BCUT2D eigenvalue weighted by Crippen LogP contribution is 2.36. The fourth-order valence-corrected chi connectivity index (χ4v) is 8.98. The summed E-state index contributed by atoms with van der Waals surface area (Å²) in [5.41, 5.74) is -0.289. The molecule has 0 bridgehead atoms. The molecule has 1 saturated heterocycles. The van der Waals surface area contributed by atoms with E-state index in [1.807, 2.05) is 0 Å². The number of hydrogen-bond acceptors (Lipinski definition) is 10. The van der Waals surface area contributed by atoms with Gasteiger partial charge in [-0.15, -0.1) is 0 Å². The Hall–Kier alpha value is -1.00. The van der Waals surface area contributed by atoms with E-state index in [9.17, 15) is 18.5 Å². The van der Waals surface area contributed by atoms with Crippen LogP contribution in [0.5, 0.6) is 0 Å². The van der Waals surface area contributed by atoms with E-state index in [0.29, 0.717) is 0 Å². The van der Waals surface area contributed by atoms with Crippen LogP contribution in [0.2, 0.25) is 78.6 Å². The number of anilines is 1. The Kier molecular flexibility index (Phi) is 11.4. The van der Waals surface area contributed by atoms with Crippen molar-refractivity contribution in [3.63, 3.8) is 0 Å². The van der Waals surface area contributed by atoms with E-state index in [4.69, 9.17) is 27.6 Å². The van der Waals surface area contributed by atoms with Gasteiger partial charge in [0.25, 0.3) is 5.69 Å². The lowest BCUT2D eigenvalue weighted by atomic mass is 9.99. The highest BCUT2D eigenvalue weighted by Gasteiger charge is 2.52. The minimum absolute atomic E-state index is 0.113. The van der Waals surface area contributed by atoms with Gasteiger partial charge in [0, 0.05) is 12.6 Å². The standard InChI is InChI=1S/C24H49N3O9SSi4/c1-38(2,3)33-21-20(16-26-18-14-13-17(37(25,30)31)15-19(18)27(28)29)32-24(36-41(10,11)12)23(35-40(7,8)9)22(21)34-39(4,5)6/h13-15,20-24,26H,16H2,1-12H3,(H2,25,30,31)/t20-,21-,22+,23-,24-/m1/s1. The molecular formula is C24H49N3O9SSi4. The van der Waals surface area contributed by atoms with Crippen LogP contribution in [0.15, 0.2) is 23.1 Å². The van der Waals surface area contributed by atoms with Crippen molar-refractivity contribution < 1.29 is 35.8 Å². The zero-order valence-corrected chi connectivity index (χ0v) is 31.2. The first-order valence-electron chi connectivity index (χ1n) is 13.7. The van der Waals surface area contributed by atoms with Crippen LogP contribution in [0.25, 0.3) is 0 Å². The Bertz CT molecular complexity index is 1180. The number of nitro benzene ring substituents is 1. The first kappa shape index (κ1) is 36.2. The Morgan fingerprint density at radius 3 is 1.73 bits per heavy atom. The van der Waals surface area contributed by atoms with E-state index in [0.717, 1.165) is 6.07 Å². The van der Waals surface area contributed by atoms with Crippen molar-refractivity contribution in [1.29, 1.82) is 0 Å². The van der Waals surface area contributed by atoms with E-state index < -0.39 is 84.6 Å². The van der Waals surface area contributed by atoms with E-state index in [1.165, 1.54) is 12.1 Å². The molecule has 0 aromatic heterocycles. The summed E-state index contributed by atoms with van der Waals surface area (Å²) >= 11 is 0. The van der Waals surface area contributed by atoms with Crippen molar-refractivity contribution in [2.75, 3.05) is 11.9 Å². The van der Waals surface area contributed by atoms with Gasteiger partial charge >= 0.3 is 0 Å². The zero-order valence-electron chi connectivity index (χ0n) is 26.4. The lowest BCUT2D eigenvalue weighted by molar-refractivity contribution is -0.384. The number of ether oxygens (including phenoxy) is 1. The number of nitro groups is 1. The molecule has 0 saturated carbocycles. The number of sulfonamides is 1. The van der Waals surface area contributed by atoms with E-state index in [2.05, 4.69) is 83.9 Å². The second-order valence-electron chi connectivity index (χ2n) is 14.2. The molecule has 1 aromatic rings. The third-order valence-corrected chi connectivity index (χ3v) is 10.3. The number of nitrogens with zero attached hydrogens (tertiary/aromatic N) is 1. The van der Waals surface area contributed by atoms with Crippen molar-refractivity contribution in [2.24, 2.45) is 5.14 Å². The van der Waals surface area contributed by atoms with Crippen molar-refractivity contribution in [1.82, 2.24) is 0 Å². The number of primary sulfonamides is 1. The summed E-state index contributed by atoms with van der Waals surface area (Å²) in [4.78, 5) is 10.8. The van der Waals surface area contributed by atoms with E-state index in [1.54, 1.807) is 0 Å². The summed E-state index contributed by atoms with van der Waals surface area (Å²) in [5, 5.41) is 20.1. The maximum Gasteiger partial charge on any atom is 0.293 e. The average molecular weight is 668 g/mol. The summed E-state index contributed by atoms with van der Waals surface area (Å²) in [6.07, 6.45) is -2.93. The number of hydrogen-bond donors (Lipinski definition) is 2. The summed E-state index contributed by atoms with van der Waals surface area (Å²) < 4.78 is 57.0. The SMILES string of the molecule is C[Si](C)(C)O[C@H]1O[C@H](CNc2ccc(S(N)(=O)=O)cc2[N+](=O)[O-])[C@@H](O[Si](C)(C)C)[C@H](O[Si](C)(C)C)[C@H]1O[Si](C)(C)C. The molecule has 1 aliphatic rings. The largest absolute Gasteiger partial charge is 0.409 e.